The molecule has 0 aromatic heterocycles. The summed E-state index contributed by atoms with van der Waals surface area (Å²) in [6, 6.07) is 1.71. The number of Topliss-reactive ketones (excluding diaryl/α,β-unsaturated/α-hetero) is 2. The van der Waals surface area contributed by atoms with Crippen LogP contribution < -0.4 is 5.73 Å². The van der Waals surface area contributed by atoms with Gasteiger partial charge in [-0.25, -0.2) is 0 Å². The highest BCUT2D eigenvalue weighted by molar-refractivity contribution is 6.32. The molecule has 3 aliphatic rings. The summed E-state index contributed by atoms with van der Waals surface area (Å²) < 4.78 is 0. The van der Waals surface area contributed by atoms with Crippen LogP contribution in [0.15, 0.2) is 34.8 Å². The van der Waals surface area contributed by atoms with E-state index in [4.69, 9.17) is 17.3 Å². The number of phenols is 1. The van der Waals surface area contributed by atoms with Crippen molar-refractivity contribution in [2.75, 3.05) is 13.6 Å². The highest BCUT2D eigenvalue weighted by atomic mass is 35.5. The van der Waals surface area contributed by atoms with Gasteiger partial charge in [0.05, 0.1) is 11.6 Å². The molecule has 1 aromatic rings. The SMILES string of the molecule is CCCN(C)[C@@H]1C(O)=C(C(N)=O)C(=O)[C@@]2(O)C(O)=C3C(=O)c4c(O)ccc(Cl)c4C[C@H]3C[C@@H]12. The van der Waals surface area contributed by atoms with Crippen molar-refractivity contribution in [2.24, 2.45) is 17.6 Å². The van der Waals surface area contributed by atoms with Crippen LogP contribution >= 0.6 is 11.6 Å². The van der Waals surface area contributed by atoms with E-state index < -0.39 is 58.0 Å². The number of rotatable bonds is 4. The lowest BCUT2D eigenvalue weighted by molar-refractivity contribution is -0.149. The van der Waals surface area contributed by atoms with Crippen molar-refractivity contribution in [3.05, 3.63) is 50.9 Å². The molecular weight excluding hydrogens is 452 g/mol. The fraction of sp³-hybridized carbons (Fsp3) is 0.435. The van der Waals surface area contributed by atoms with Gasteiger partial charge in [0.2, 0.25) is 5.78 Å². The molecule has 1 amide bonds. The first-order chi connectivity index (χ1) is 15.5. The molecule has 176 valence electrons. The molecule has 9 nitrogen and oxygen atoms in total. The summed E-state index contributed by atoms with van der Waals surface area (Å²) in [5.41, 5.74) is 2.00. The number of primary amides is 1. The van der Waals surface area contributed by atoms with Crippen molar-refractivity contribution in [3.8, 4) is 5.75 Å². The Labute approximate surface area is 194 Å². The molecule has 4 rings (SSSR count). The predicted molar refractivity (Wildman–Crippen MR) is 118 cm³/mol. The zero-order valence-electron chi connectivity index (χ0n) is 18.1. The quantitative estimate of drug-likeness (QED) is 0.409. The van der Waals surface area contributed by atoms with E-state index in [0.29, 0.717) is 18.5 Å². The Morgan fingerprint density at radius 1 is 1.27 bits per heavy atom. The molecule has 3 aliphatic carbocycles. The third-order valence-electron chi connectivity index (χ3n) is 7.04. The first-order valence-corrected chi connectivity index (χ1v) is 11.0. The lowest BCUT2D eigenvalue weighted by Gasteiger charge is -2.50. The van der Waals surface area contributed by atoms with Crippen molar-refractivity contribution >= 4 is 29.1 Å². The van der Waals surface area contributed by atoms with Gasteiger partial charge in [-0.05, 0) is 56.5 Å². The maximum atomic E-state index is 13.3. The number of aliphatic hydroxyl groups excluding tert-OH is 2. The highest BCUT2D eigenvalue weighted by Crippen LogP contribution is 2.52. The van der Waals surface area contributed by atoms with Crippen molar-refractivity contribution in [3.63, 3.8) is 0 Å². The van der Waals surface area contributed by atoms with Crippen LogP contribution in [0.25, 0.3) is 0 Å². The number of likely N-dealkylation sites (N-methyl/N-ethyl adjacent to an activating group) is 1. The number of carbonyl (C=O) groups is 3. The molecule has 0 fully saturated rings. The average Bonchev–Trinajstić information content (AvgIpc) is 2.73. The van der Waals surface area contributed by atoms with Crippen LogP contribution in [-0.2, 0) is 16.0 Å². The maximum absolute atomic E-state index is 13.3. The second-order valence-corrected chi connectivity index (χ2v) is 9.31. The molecule has 0 radical (unpaired) electrons. The molecule has 0 aliphatic heterocycles. The number of ketones is 2. The van der Waals surface area contributed by atoms with E-state index in [-0.39, 0.29) is 34.8 Å². The smallest absolute Gasteiger partial charge is 0.255 e. The summed E-state index contributed by atoms with van der Waals surface area (Å²) in [6.45, 7) is 2.35. The third-order valence-corrected chi connectivity index (χ3v) is 7.40. The second-order valence-electron chi connectivity index (χ2n) is 8.90. The highest BCUT2D eigenvalue weighted by Gasteiger charge is 2.63. The van der Waals surface area contributed by atoms with Crippen molar-refractivity contribution in [1.29, 1.82) is 0 Å². The van der Waals surface area contributed by atoms with Gasteiger partial charge >= 0.3 is 0 Å². The Balaban J connectivity index is 1.96. The second kappa shape index (κ2) is 7.86. The molecule has 0 bridgehead atoms. The van der Waals surface area contributed by atoms with E-state index in [2.05, 4.69) is 0 Å². The van der Waals surface area contributed by atoms with Crippen LogP contribution in [0.2, 0.25) is 5.02 Å². The summed E-state index contributed by atoms with van der Waals surface area (Å²) in [5, 5.41) is 44.2. The Hall–Kier alpha value is -2.88. The van der Waals surface area contributed by atoms with Gasteiger partial charge < -0.3 is 26.2 Å². The summed E-state index contributed by atoms with van der Waals surface area (Å²) in [5.74, 6) is -6.74. The monoisotopic (exact) mass is 476 g/mol. The molecule has 0 unspecified atom stereocenters. The summed E-state index contributed by atoms with van der Waals surface area (Å²) in [4.78, 5) is 40.3. The van der Waals surface area contributed by atoms with Crippen LogP contribution in [0.4, 0.5) is 0 Å². The van der Waals surface area contributed by atoms with Gasteiger partial charge in [-0.2, -0.15) is 0 Å². The molecule has 1 aromatic carbocycles. The number of carbonyl (C=O) groups excluding carboxylic acids is 3. The largest absolute Gasteiger partial charge is 0.510 e. The van der Waals surface area contributed by atoms with Crippen LogP contribution in [0.3, 0.4) is 0 Å². The average molecular weight is 477 g/mol. The summed E-state index contributed by atoms with van der Waals surface area (Å²) >= 11 is 6.28. The normalized spacial score (nSPS) is 29.2. The number of aromatic hydroxyl groups is 1. The Bertz CT molecular complexity index is 1160. The Morgan fingerprint density at radius 3 is 2.55 bits per heavy atom. The van der Waals surface area contributed by atoms with Gasteiger partial charge in [0.15, 0.2) is 11.4 Å². The number of hydrogen-bond donors (Lipinski definition) is 5. The lowest BCUT2D eigenvalue weighted by atomic mass is 9.58. The fourth-order valence-corrected chi connectivity index (χ4v) is 5.85. The van der Waals surface area contributed by atoms with E-state index in [1.165, 1.54) is 12.1 Å². The zero-order valence-corrected chi connectivity index (χ0v) is 18.9. The third kappa shape index (κ3) is 3.10. The van der Waals surface area contributed by atoms with Crippen LogP contribution in [0, 0.1) is 11.8 Å². The van der Waals surface area contributed by atoms with E-state index in [1.807, 2.05) is 6.92 Å². The number of nitrogens with zero attached hydrogens (tertiary/aromatic N) is 1. The standard InChI is InChI=1S/C23H25ClN2O7/c1-3-6-26(2)17-11-8-9-7-10-12(24)4-5-13(27)15(10)18(28)14(9)20(30)23(11,33)21(31)16(19(17)29)22(25)32/h4-5,9,11,17,27,29-30,33H,3,6-8H2,1-2H3,(H2,25,32)/t9-,11-,17-,23-/m0/s1. The van der Waals surface area contributed by atoms with Crippen molar-refractivity contribution in [2.45, 2.75) is 37.8 Å². The number of hydrogen-bond acceptors (Lipinski definition) is 8. The van der Waals surface area contributed by atoms with Crippen LogP contribution in [0.5, 0.6) is 5.75 Å². The lowest BCUT2D eigenvalue weighted by Crippen LogP contribution is -2.64. The topological polar surface area (TPSA) is 161 Å². The van der Waals surface area contributed by atoms with Gasteiger partial charge in [-0.3, -0.25) is 19.3 Å². The molecule has 6 N–H and O–H groups in total. The van der Waals surface area contributed by atoms with Gasteiger partial charge in [-0.1, -0.05) is 18.5 Å². The first kappa shape index (κ1) is 23.3. The zero-order chi connectivity index (χ0) is 24.4. The minimum absolute atomic E-state index is 0.0353. The van der Waals surface area contributed by atoms with E-state index in [9.17, 15) is 34.8 Å². The molecule has 10 heteroatoms. The molecule has 0 spiro atoms. The number of halogens is 1. The number of nitrogens with two attached hydrogens (primary N) is 1. The molecule has 4 atom stereocenters. The fourth-order valence-electron chi connectivity index (χ4n) is 5.62. The van der Waals surface area contributed by atoms with E-state index >= 15 is 0 Å². The summed E-state index contributed by atoms with van der Waals surface area (Å²) in [7, 11) is 1.66. The van der Waals surface area contributed by atoms with Gasteiger partial charge in [0.25, 0.3) is 5.91 Å². The number of fused-ring (bicyclic) bond motifs is 3. The predicted octanol–water partition coefficient (Wildman–Crippen LogP) is 1.55. The van der Waals surface area contributed by atoms with Crippen molar-refractivity contribution < 1.29 is 34.8 Å². The maximum Gasteiger partial charge on any atom is 0.255 e. The van der Waals surface area contributed by atoms with Crippen LogP contribution in [-0.4, -0.2) is 68.0 Å². The Kier molecular flexibility index (Phi) is 5.55. The first-order valence-electron chi connectivity index (χ1n) is 10.7. The van der Waals surface area contributed by atoms with E-state index in [1.54, 1.807) is 11.9 Å². The number of amides is 1. The number of benzene rings is 1. The molecule has 0 saturated heterocycles. The number of aliphatic hydroxyl groups is 3. The number of allylic oxidation sites excluding steroid dienone is 1. The van der Waals surface area contributed by atoms with Gasteiger partial charge in [-0.15, -0.1) is 0 Å². The minimum atomic E-state index is -2.64. The Morgan fingerprint density at radius 2 is 1.94 bits per heavy atom. The van der Waals surface area contributed by atoms with Gasteiger partial charge in [0, 0.05) is 16.5 Å². The molecule has 0 heterocycles. The summed E-state index contributed by atoms with van der Waals surface area (Å²) in [6.07, 6.45) is 0.877. The molecule has 0 saturated carbocycles. The molecule has 33 heavy (non-hydrogen) atoms. The van der Waals surface area contributed by atoms with Crippen molar-refractivity contribution in [1.82, 2.24) is 4.90 Å². The minimum Gasteiger partial charge on any atom is -0.510 e. The van der Waals surface area contributed by atoms with E-state index in [0.717, 1.165) is 0 Å². The van der Waals surface area contributed by atoms with Crippen LogP contribution in [0.1, 0.15) is 35.7 Å². The molecular formula is C23H25ClN2O7. The number of phenolic OH excluding ortho intramolecular Hbond substituents is 1. The van der Waals surface area contributed by atoms with Gasteiger partial charge in [0.1, 0.15) is 22.8 Å².